The van der Waals surface area contributed by atoms with Gasteiger partial charge in [0.15, 0.2) is 11.6 Å². The standard InChI is InChI=1S/C19H22FN5O/c1-13-4-2-3-5-15(13)23-19(26)25-10-8-24(9-11-25)18-16(20)17(14-6-7-14)21-12-22-18/h2-5,12,14H,6-11H2,1H3,(H,23,26). The van der Waals surface area contributed by atoms with E-state index in [4.69, 9.17) is 0 Å². The van der Waals surface area contributed by atoms with Crippen LogP contribution in [-0.4, -0.2) is 47.1 Å². The number of urea groups is 1. The second kappa shape index (κ2) is 6.90. The Labute approximate surface area is 152 Å². The summed E-state index contributed by atoms with van der Waals surface area (Å²) in [6.45, 7) is 4.13. The van der Waals surface area contributed by atoms with Crippen molar-refractivity contribution in [3.8, 4) is 0 Å². The van der Waals surface area contributed by atoms with E-state index in [1.54, 1.807) is 4.90 Å². The van der Waals surface area contributed by atoms with Gasteiger partial charge in [0, 0.05) is 37.8 Å². The van der Waals surface area contributed by atoms with Gasteiger partial charge >= 0.3 is 6.03 Å². The summed E-state index contributed by atoms with van der Waals surface area (Å²) in [6, 6.07) is 7.56. The van der Waals surface area contributed by atoms with E-state index in [9.17, 15) is 9.18 Å². The first kappa shape index (κ1) is 16.8. The number of carbonyl (C=O) groups is 1. The number of para-hydroxylation sites is 1. The molecule has 0 radical (unpaired) electrons. The Hall–Kier alpha value is -2.70. The molecule has 1 saturated heterocycles. The van der Waals surface area contributed by atoms with Crippen LogP contribution < -0.4 is 10.2 Å². The average Bonchev–Trinajstić information content (AvgIpc) is 3.49. The highest BCUT2D eigenvalue weighted by Gasteiger charge is 2.31. The minimum Gasteiger partial charge on any atom is -0.351 e. The van der Waals surface area contributed by atoms with Gasteiger partial charge in [0.2, 0.25) is 0 Å². The second-order valence-corrected chi connectivity index (χ2v) is 6.89. The average molecular weight is 355 g/mol. The molecule has 1 saturated carbocycles. The van der Waals surface area contributed by atoms with Crippen molar-refractivity contribution in [1.82, 2.24) is 14.9 Å². The van der Waals surface area contributed by atoms with E-state index in [0.717, 1.165) is 24.1 Å². The molecule has 1 aromatic heterocycles. The first-order valence-electron chi connectivity index (χ1n) is 9.00. The number of piperazine rings is 1. The molecular weight excluding hydrogens is 333 g/mol. The molecule has 2 aliphatic rings. The van der Waals surface area contributed by atoms with E-state index in [1.807, 2.05) is 36.1 Å². The number of anilines is 2. The summed E-state index contributed by atoms with van der Waals surface area (Å²) in [6.07, 6.45) is 3.45. The SMILES string of the molecule is Cc1ccccc1NC(=O)N1CCN(c2ncnc(C3CC3)c2F)CC1. The predicted molar refractivity (Wildman–Crippen MR) is 97.9 cm³/mol. The zero-order valence-electron chi connectivity index (χ0n) is 14.8. The lowest BCUT2D eigenvalue weighted by Gasteiger charge is -2.35. The van der Waals surface area contributed by atoms with Crippen LogP contribution in [0.15, 0.2) is 30.6 Å². The Morgan fingerprint density at radius 2 is 1.88 bits per heavy atom. The fourth-order valence-corrected chi connectivity index (χ4v) is 3.26. The highest BCUT2D eigenvalue weighted by molar-refractivity contribution is 5.90. The molecule has 7 heteroatoms. The molecular formula is C19H22FN5O. The summed E-state index contributed by atoms with van der Waals surface area (Å²) in [5.74, 6) is 0.312. The Morgan fingerprint density at radius 3 is 2.58 bits per heavy atom. The van der Waals surface area contributed by atoms with Crippen molar-refractivity contribution in [3.63, 3.8) is 0 Å². The number of hydrogen-bond donors (Lipinski definition) is 1. The van der Waals surface area contributed by atoms with Gasteiger partial charge in [-0.1, -0.05) is 18.2 Å². The molecule has 1 N–H and O–H groups in total. The van der Waals surface area contributed by atoms with Crippen LogP contribution in [0.1, 0.15) is 30.0 Å². The summed E-state index contributed by atoms with van der Waals surface area (Å²) in [4.78, 5) is 24.4. The molecule has 1 aliphatic heterocycles. The van der Waals surface area contributed by atoms with Crippen LogP contribution in [0.2, 0.25) is 0 Å². The molecule has 0 unspecified atom stereocenters. The molecule has 0 bridgehead atoms. The summed E-state index contributed by atoms with van der Waals surface area (Å²) in [5, 5.41) is 2.95. The number of aromatic nitrogens is 2. The van der Waals surface area contributed by atoms with Crippen molar-refractivity contribution in [3.05, 3.63) is 47.7 Å². The molecule has 2 fully saturated rings. The molecule has 0 spiro atoms. The molecule has 2 amide bonds. The number of amides is 2. The van der Waals surface area contributed by atoms with Crippen molar-refractivity contribution in [2.75, 3.05) is 36.4 Å². The minimum atomic E-state index is -0.298. The third kappa shape index (κ3) is 3.34. The number of carbonyl (C=O) groups excluding carboxylic acids is 1. The number of nitrogens with zero attached hydrogens (tertiary/aromatic N) is 4. The summed E-state index contributed by atoms with van der Waals surface area (Å²) >= 11 is 0. The van der Waals surface area contributed by atoms with Crippen LogP contribution in [0.3, 0.4) is 0 Å². The van der Waals surface area contributed by atoms with E-state index in [0.29, 0.717) is 37.7 Å². The number of nitrogens with one attached hydrogen (secondary N) is 1. The fraction of sp³-hybridized carbons (Fsp3) is 0.421. The Morgan fingerprint density at radius 1 is 1.15 bits per heavy atom. The van der Waals surface area contributed by atoms with Crippen molar-refractivity contribution < 1.29 is 9.18 Å². The van der Waals surface area contributed by atoms with Gasteiger partial charge in [-0.25, -0.2) is 19.2 Å². The number of aryl methyl sites for hydroxylation is 1. The molecule has 0 atom stereocenters. The molecule has 2 aromatic rings. The van der Waals surface area contributed by atoms with Crippen molar-refractivity contribution >= 4 is 17.5 Å². The molecule has 6 nitrogen and oxygen atoms in total. The molecule has 1 aliphatic carbocycles. The van der Waals surface area contributed by atoms with Crippen LogP contribution in [0.25, 0.3) is 0 Å². The number of rotatable bonds is 3. The highest BCUT2D eigenvalue weighted by atomic mass is 19.1. The molecule has 4 rings (SSSR count). The Kier molecular flexibility index (Phi) is 4.44. The quantitative estimate of drug-likeness (QED) is 0.919. The largest absolute Gasteiger partial charge is 0.351 e. The van der Waals surface area contributed by atoms with Crippen LogP contribution >= 0.6 is 0 Å². The zero-order valence-corrected chi connectivity index (χ0v) is 14.8. The fourth-order valence-electron chi connectivity index (χ4n) is 3.26. The van der Waals surface area contributed by atoms with E-state index < -0.39 is 0 Å². The van der Waals surface area contributed by atoms with Crippen molar-refractivity contribution in [2.45, 2.75) is 25.7 Å². The minimum absolute atomic E-state index is 0.124. The number of benzene rings is 1. The normalized spacial score (nSPS) is 17.3. The molecule has 2 heterocycles. The molecule has 1 aromatic carbocycles. The maximum atomic E-state index is 14.7. The van der Waals surface area contributed by atoms with E-state index in [1.165, 1.54) is 6.33 Å². The lowest BCUT2D eigenvalue weighted by Crippen LogP contribution is -2.50. The third-order valence-corrected chi connectivity index (χ3v) is 5.02. The Bertz CT molecular complexity index is 815. The number of halogens is 1. The zero-order chi connectivity index (χ0) is 18.1. The molecule has 26 heavy (non-hydrogen) atoms. The van der Waals surface area contributed by atoms with E-state index in [2.05, 4.69) is 15.3 Å². The van der Waals surface area contributed by atoms with Gasteiger partial charge in [0.25, 0.3) is 0 Å². The summed E-state index contributed by atoms with van der Waals surface area (Å²) in [5.41, 5.74) is 2.38. The van der Waals surface area contributed by atoms with Crippen molar-refractivity contribution in [2.24, 2.45) is 0 Å². The van der Waals surface area contributed by atoms with Crippen LogP contribution in [0, 0.1) is 12.7 Å². The lowest BCUT2D eigenvalue weighted by molar-refractivity contribution is 0.208. The van der Waals surface area contributed by atoms with Gasteiger partial charge < -0.3 is 15.1 Å². The summed E-state index contributed by atoms with van der Waals surface area (Å²) in [7, 11) is 0. The first-order valence-corrected chi connectivity index (χ1v) is 9.00. The van der Waals surface area contributed by atoms with Gasteiger partial charge in [0.05, 0.1) is 5.69 Å². The lowest BCUT2D eigenvalue weighted by atomic mass is 10.2. The van der Waals surface area contributed by atoms with Gasteiger partial charge in [-0.2, -0.15) is 0 Å². The maximum absolute atomic E-state index is 14.7. The first-order chi connectivity index (χ1) is 12.6. The monoisotopic (exact) mass is 355 g/mol. The smallest absolute Gasteiger partial charge is 0.321 e. The highest BCUT2D eigenvalue weighted by Crippen LogP contribution is 2.41. The predicted octanol–water partition coefficient (Wildman–Crippen LogP) is 3.16. The topological polar surface area (TPSA) is 61.4 Å². The second-order valence-electron chi connectivity index (χ2n) is 6.89. The van der Waals surface area contributed by atoms with E-state index in [-0.39, 0.29) is 17.8 Å². The van der Waals surface area contributed by atoms with Crippen LogP contribution in [0.4, 0.5) is 20.7 Å². The third-order valence-electron chi connectivity index (χ3n) is 5.02. The number of hydrogen-bond acceptors (Lipinski definition) is 4. The molecule has 136 valence electrons. The van der Waals surface area contributed by atoms with E-state index >= 15 is 0 Å². The van der Waals surface area contributed by atoms with Crippen LogP contribution in [-0.2, 0) is 0 Å². The van der Waals surface area contributed by atoms with Gasteiger partial charge in [-0.05, 0) is 31.4 Å². The summed E-state index contributed by atoms with van der Waals surface area (Å²) < 4.78 is 14.7. The maximum Gasteiger partial charge on any atom is 0.321 e. The van der Waals surface area contributed by atoms with Gasteiger partial charge in [0.1, 0.15) is 6.33 Å². The van der Waals surface area contributed by atoms with Gasteiger partial charge in [-0.3, -0.25) is 0 Å². The van der Waals surface area contributed by atoms with Crippen LogP contribution in [0.5, 0.6) is 0 Å². The Balaban J connectivity index is 1.39. The van der Waals surface area contributed by atoms with Crippen molar-refractivity contribution in [1.29, 1.82) is 0 Å². The van der Waals surface area contributed by atoms with Gasteiger partial charge in [-0.15, -0.1) is 0 Å².